The van der Waals surface area contributed by atoms with Crippen molar-refractivity contribution < 1.29 is 23.7 Å². The summed E-state index contributed by atoms with van der Waals surface area (Å²) in [6.45, 7) is 5.08. The molecule has 0 N–H and O–H groups in total. The third kappa shape index (κ3) is 4.43. The Morgan fingerprint density at radius 2 is 1.84 bits per heavy atom. The van der Waals surface area contributed by atoms with E-state index in [1.807, 2.05) is 0 Å². The topological polar surface area (TPSA) is 46.2 Å². The van der Waals surface area contributed by atoms with E-state index in [1.54, 1.807) is 21.3 Å². The second-order valence-corrected chi connectivity index (χ2v) is 5.11. The first kappa shape index (κ1) is 16.9. The van der Waals surface area contributed by atoms with Crippen LogP contribution < -0.4 is 0 Å². The van der Waals surface area contributed by atoms with E-state index in [1.165, 1.54) is 0 Å². The minimum Gasteiger partial charge on any atom is -0.382 e. The Morgan fingerprint density at radius 1 is 1.16 bits per heavy atom. The summed E-state index contributed by atoms with van der Waals surface area (Å²) in [5, 5.41) is 0. The fourth-order valence-corrected chi connectivity index (χ4v) is 2.27. The predicted octanol–water partition coefficient (Wildman–Crippen LogP) is 0.597. The van der Waals surface area contributed by atoms with Crippen molar-refractivity contribution in [1.29, 1.82) is 0 Å². The van der Waals surface area contributed by atoms with Gasteiger partial charge in [0.05, 0.1) is 19.3 Å². The summed E-state index contributed by atoms with van der Waals surface area (Å²) >= 11 is 0. The first-order valence-electron chi connectivity index (χ1n) is 6.62. The fourth-order valence-electron chi connectivity index (χ4n) is 2.27. The second kappa shape index (κ2) is 8.22. The standard InChI is InChI=1S/C13H25BO5/c1-8(2)9(16-4)7-18-12-11(17-5)10(6-15-3)19-13(12)14/h8-13H,6-7H2,1-5H3/t9-,10+,11?,12-,13+/m0/s1. The van der Waals surface area contributed by atoms with Gasteiger partial charge >= 0.3 is 0 Å². The van der Waals surface area contributed by atoms with Crippen molar-refractivity contribution in [1.82, 2.24) is 0 Å². The third-order valence-corrected chi connectivity index (χ3v) is 3.45. The number of methoxy groups -OCH3 is 3. The van der Waals surface area contributed by atoms with Crippen LogP contribution in [0.4, 0.5) is 0 Å². The van der Waals surface area contributed by atoms with Crippen molar-refractivity contribution in [2.24, 2.45) is 5.92 Å². The van der Waals surface area contributed by atoms with E-state index in [2.05, 4.69) is 13.8 Å². The first-order valence-corrected chi connectivity index (χ1v) is 6.62. The summed E-state index contributed by atoms with van der Waals surface area (Å²) in [6.07, 6.45) is -0.692. The molecule has 6 heteroatoms. The van der Waals surface area contributed by atoms with E-state index in [0.29, 0.717) is 19.1 Å². The molecule has 0 aromatic carbocycles. The minimum atomic E-state index is -0.505. The van der Waals surface area contributed by atoms with Gasteiger partial charge in [-0.15, -0.1) is 0 Å². The van der Waals surface area contributed by atoms with Gasteiger partial charge in [0.2, 0.25) is 0 Å². The van der Waals surface area contributed by atoms with Gasteiger partial charge < -0.3 is 23.7 Å². The highest BCUT2D eigenvalue weighted by atomic mass is 16.6. The molecule has 1 fully saturated rings. The van der Waals surface area contributed by atoms with Crippen molar-refractivity contribution in [2.45, 2.75) is 44.3 Å². The van der Waals surface area contributed by atoms with E-state index in [4.69, 9.17) is 31.5 Å². The Bertz CT molecular complexity index is 251. The maximum atomic E-state index is 5.95. The van der Waals surface area contributed by atoms with Crippen LogP contribution in [-0.2, 0) is 23.7 Å². The molecule has 1 saturated heterocycles. The first-order chi connectivity index (χ1) is 9.04. The van der Waals surface area contributed by atoms with Crippen LogP contribution in [0.15, 0.2) is 0 Å². The highest BCUT2D eigenvalue weighted by molar-refractivity contribution is 6.11. The Morgan fingerprint density at radius 3 is 2.32 bits per heavy atom. The quantitative estimate of drug-likeness (QED) is 0.605. The second-order valence-electron chi connectivity index (χ2n) is 5.11. The molecule has 1 aliphatic rings. The molecule has 2 radical (unpaired) electrons. The predicted molar refractivity (Wildman–Crippen MR) is 72.5 cm³/mol. The molecule has 0 spiro atoms. The zero-order valence-electron chi connectivity index (χ0n) is 12.5. The molecule has 0 aromatic rings. The van der Waals surface area contributed by atoms with Crippen molar-refractivity contribution in [3.8, 4) is 0 Å². The lowest BCUT2D eigenvalue weighted by molar-refractivity contribution is -0.0870. The molecule has 19 heavy (non-hydrogen) atoms. The van der Waals surface area contributed by atoms with Gasteiger partial charge in [0.15, 0.2) is 0 Å². The SMILES string of the molecule is [B][C@@H]1O[C@H](COC)C(OC)[C@@H]1OC[C@H](OC)C(C)C. The summed E-state index contributed by atoms with van der Waals surface area (Å²) in [4.78, 5) is 0. The van der Waals surface area contributed by atoms with Crippen LogP contribution in [0.3, 0.4) is 0 Å². The normalized spacial score (nSPS) is 32.9. The van der Waals surface area contributed by atoms with Crippen molar-refractivity contribution in [3.05, 3.63) is 0 Å². The molecule has 5 nitrogen and oxygen atoms in total. The van der Waals surface area contributed by atoms with Crippen LogP contribution in [0, 0.1) is 5.92 Å². The zero-order chi connectivity index (χ0) is 14.4. The molecular formula is C13H25BO5. The average molecular weight is 272 g/mol. The molecule has 0 aliphatic carbocycles. The Labute approximate surface area is 117 Å². The van der Waals surface area contributed by atoms with Gasteiger partial charge in [0.1, 0.15) is 26.2 Å². The molecule has 5 atom stereocenters. The molecule has 1 heterocycles. The summed E-state index contributed by atoms with van der Waals surface area (Å²) in [6, 6.07) is -0.505. The van der Waals surface area contributed by atoms with Gasteiger partial charge in [0, 0.05) is 27.3 Å². The maximum absolute atomic E-state index is 5.95. The Balaban J connectivity index is 2.55. The van der Waals surface area contributed by atoms with Gasteiger partial charge in [-0.05, 0) is 5.92 Å². The fraction of sp³-hybridized carbons (Fsp3) is 1.00. The summed E-state index contributed by atoms with van der Waals surface area (Å²) < 4.78 is 27.4. The van der Waals surface area contributed by atoms with E-state index < -0.39 is 6.00 Å². The van der Waals surface area contributed by atoms with E-state index in [0.717, 1.165) is 0 Å². The van der Waals surface area contributed by atoms with E-state index >= 15 is 0 Å². The van der Waals surface area contributed by atoms with Crippen LogP contribution in [0.2, 0.25) is 0 Å². The van der Waals surface area contributed by atoms with Crippen molar-refractivity contribution in [3.63, 3.8) is 0 Å². The maximum Gasteiger partial charge on any atom is 0.113 e. The molecule has 0 aromatic heterocycles. The van der Waals surface area contributed by atoms with Gasteiger partial charge in [0.25, 0.3) is 0 Å². The molecule has 110 valence electrons. The van der Waals surface area contributed by atoms with Crippen LogP contribution in [-0.4, -0.2) is 72.8 Å². The number of hydrogen-bond acceptors (Lipinski definition) is 5. The number of hydrogen-bond donors (Lipinski definition) is 0. The lowest BCUT2D eigenvalue weighted by Gasteiger charge is -2.26. The molecule has 0 amide bonds. The largest absolute Gasteiger partial charge is 0.382 e. The van der Waals surface area contributed by atoms with Gasteiger partial charge in [-0.25, -0.2) is 0 Å². The van der Waals surface area contributed by atoms with Crippen LogP contribution in [0.5, 0.6) is 0 Å². The molecule has 1 aliphatic heterocycles. The lowest BCUT2D eigenvalue weighted by Crippen LogP contribution is -2.40. The summed E-state index contributed by atoms with van der Waals surface area (Å²) in [5.74, 6) is 0.374. The highest BCUT2D eigenvalue weighted by Gasteiger charge is 2.43. The van der Waals surface area contributed by atoms with E-state index in [9.17, 15) is 0 Å². The van der Waals surface area contributed by atoms with E-state index in [-0.39, 0.29) is 24.4 Å². The molecule has 0 bridgehead atoms. The molecule has 1 unspecified atom stereocenters. The van der Waals surface area contributed by atoms with Gasteiger partial charge in [-0.3, -0.25) is 0 Å². The summed E-state index contributed by atoms with van der Waals surface area (Å²) in [7, 11) is 10.9. The molecular weight excluding hydrogens is 247 g/mol. The average Bonchev–Trinajstić information content (AvgIpc) is 2.66. The minimum absolute atomic E-state index is 0.0335. The molecule has 0 saturated carbocycles. The van der Waals surface area contributed by atoms with Crippen LogP contribution in [0.1, 0.15) is 13.8 Å². The summed E-state index contributed by atoms with van der Waals surface area (Å²) in [5.41, 5.74) is 0. The van der Waals surface area contributed by atoms with Crippen molar-refractivity contribution >= 4 is 7.85 Å². The highest BCUT2D eigenvalue weighted by Crippen LogP contribution is 2.25. The van der Waals surface area contributed by atoms with Crippen molar-refractivity contribution in [2.75, 3.05) is 34.5 Å². The monoisotopic (exact) mass is 272 g/mol. The van der Waals surface area contributed by atoms with Gasteiger partial charge in [-0.2, -0.15) is 0 Å². The number of ether oxygens (including phenoxy) is 5. The van der Waals surface area contributed by atoms with Crippen LogP contribution >= 0.6 is 0 Å². The van der Waals surface area contributed by atoms with Gasteiger partial charge in [-0.1, -0.05) is 13.8 Å². The number of rotatable bonds is 8. The Hall–Kier alpha value is -0.135. The lowest BCUT2D eigenvalue weighted by atomic mass is 9.92. The zero-order valence-corrected chi connectivity index (χ0v) is 12.5. The molecule has 1 rings (SSSR count). The van der Waals surface area contributed by atoms with Crippen LogP contribution in [0.25, 0.3) is 0 Å². The third-order valence-electron chi connectivity index (χ3n) is 3.45. The Kier molecular flexibility index (Phi) is 7.32. The smallest absolute Gasteiger partial charge is 0.113 e.